The Morgan fingerprint density at radius 1 is 1.47 bits per heavy atom. The SMILES string of the molecule is CC1(C)CC(=O)c2cc(C(=O)CO)ccc2O1. The van der Waals surface area contributed by atoms with Gasteiger partial charge in [0.2, 0.25) is 0 Å². The van der Waals surface area contributed by atoms with Crippen LogP contribution in [-0.4, -0.2) is 28.9 Å². The van der Waals surface area contributed by atoms with Gasteiger partial charge in [-0.3, -0.25) is 9.59 Å². The average molecular weight is 234 g/mol. The fraction of sp³-hybridized carbons (Fsp3) is 0.385. The highest BCUT2D eigenvalue weighted by Gasteiger charge is 2.32. The summed E-state index contributed by atoms with van der Waals surface area (Å²) >= 11 is 0. The van der Waals surface area contributed by atoms with E-state index in [2.05, 4.69) is 0 Å². The molecule has 0 aromatic heterocycles. The van der Waals surface area contributed by atoms with Gasteiger partial charge in [0.1, 0.15) is 18.0 Å². The van der Waals surface area contributed by atoms with E-state index in [1.54, 1.807) is 12.1 Å². The standard InChI is InChI=1S/C13H14O4/c1-13(2)6-10(15)9-5-8(11(16)7-14)3-4-12(9)17-13/h3-5,14H,6-7H2,1-2H3. The lowest BCUT2D eigenvalue weighted by molar-refractivity contribution is 0.0620. The molecule has 0 saturated carbocycles. The Kier molecular flexibility index (Phi) is 2.75. The Bertz CT molecular complexity index is 488. The van der Waals surface area contributed by atoms with Gasteiger partial charge >= 0.3 is 0 Å². The van der Waals surface area contributed by atoms with E-state index in [0.717, 1.165) is 0 Å². The minimum atomic E-state index is -0.556. The van der Waals surface area contributed by atoms with Crippen LogP contribution in [0.5, 0.6) is 5.75 Å². The zero-order valence-corrected chi connectivity index (χ0v) is 9.82. The monoisotopic (exact) mass is 234 g/mol. The van der Waals surface area contributed by atoms with E-state index < -0.39 is 18.0 Å². The van der Waals surface area contributed by atoms with Crippen LogP contribution in [0.4, 0.5) is 0 Å². The molecule has 0 spiro atoms. The number of ether oxygens (including phenoxy) is 1. The zero-order chi connectivity index (χ0) is 12.6. The summed E-state index contributed by atoms with van der Waals surface area (Å²) < 4.78 is 5.66. The summed E-state index contributed by atoms with van der Waals surface area (Å²) in [5.41, 5.74) is 0.249. The summed E-state index contributed by atoms with van der Waals surface area (Å²) in [7, 11) is 0. The van der Waals surface area contributed by atoms with Crippen LogP contribution in [0.15, 0.2) is 18.2 Å². The number of ketones is 2. The molecule has 1 aromatic carbocycles. The molecule has 0 saturated heterocycles. The number of carbonyl (C=O) groups excluding carboxylic acids is 2. The molecule has 0 unspecified atom stereocenters. The van der Waals surface area contributed by atoms with Crippen molar-refractivity contribution >= 4 is 11.6 Å². The highest BCUT2D eigenvalue weighted by Crippen LogP contribution is 2.33. The van der Waals surface area contributed by atoms with Crippen LogP contribution in [-0.2, 0) is 0 Å². The van der Waals surface area contributed by atoms with Crippen LogP contribution in [0, 0.1) is 0 Å². The zero-order valence-electron chi connectivity index (χ0n) is 9.82. The molecular formula is C13H14O4. The lowest BCUT2D eigenvalue weighted by Crippen LogP contribution is -2.36. The summed E-state index contributed by atoms with van der Waals surface area (Å²) in [6.45, 7) is 3.14. The first-order chi connectivity index (χ1) is 7.93. The van der Waals surface area contributed by atoms with Gasteiger partial charge in [0.05, 0.1) is 12.0 Å². The van der Waals surface area contributed by atoms with Crippen molar-refractivity contribution in [2.75, 3.05) is 6.61 Å². The quantitative estimate of drug-likeness (QED) is 0.789. The van der Waals surface area contributed by atoms with Crippen molar-refractivity contribution in [1.29, 1.82) is 0 Å². The van der Waals surface area contributed by atoms with Gasteiger partial charge in [0.15, 0.2) is 11.6 Å². The molecule has 1 aliphatic rings. The van der Waals surface area contributed by atoms with E-state index in [-0.39, 0.29) is 12.2 Å². The number of aliphatic hydroxyl groups is 1. The molecule has 0 aliphatic carbocycles. The Morgan fingerprint density at radius 3 is 2.82 bits per heavy atom. The minimum absolute atomic E-state index is 0.0381. The van der Waals surface area contributed by atoms with E-state index in [1.165, 1.54) is 6.07 Å². The van der Waals surface area contributed by atoms with Crippen molar-refractivity contribution in [2.45, 2.75) is 25.9 Å². The molecule has 1 heterocycles. The van der Waals surface area contributed by atoms with E-state index in [4.69, 9.17) is 9.84 Å². The first kappa shape index (κ1) is 11.8. The second kappa shape index (κ2) is 3.96. The van der Waals surface area contributed by atoms with E-state index in [1.807, 2.05) is 13.8 Å². The summed E-state index contributed by atoms with van der Waals surface area (Å²) in [6.07, 6.45) is 0.288. The molecule has 0 fully saturated rings. The first-order valence-electron chi connectivity index (χ1n) is 5.43. The highest BCUT2D eigenvalue weighted by molar-refractivity contribution is 6.04. The van der Waals surface area contributed by atoms with E-state index >= 15 is 0 Å². The van der Waals surface area contributed by atoms with Gasteiger partial charge in [-0.15, -0.1) is 0 Å². The maximum atomic E-state index is 11.9. The Hall–Kier alpha value is -1.68. The van der Waals surface area contributed by atoms with Crippen LogP contribution in [0.25, 0.3) is 0 Å². The third-order valence-corrected chi connectivity index (χ3v) is 2.72. The van der Waals surface area contributed by atoms with Gasteiger partial charge in [-0.2, -0.15) is 0 Å². The molecule has 0 radical (unpaired) electrons. The van der Waals surface area contributed by atoms with Crippen LogP contribution in [0.2, 0.25) is 0 Å². The van der Waals surface area contributed by atoms with Crippen molar-refractivity contribution < 1.29 is 19.4 Å². The Balaban J connectivity index is 2.44. The molecule has 1 aromatic rings. The van der Waals surface area contributed by atoms with Crippen molar-refractivity contribution in [1.82, 2.24) is 0 Å². The molecule has 17 heavy (non-hydrogen) atoms. The predicted octanol–water partition coefficient (Wildman–Crippen LogP) is 1.61. The number of aliphatic hydroxyl groups excluding tert-OH is 1. The average Bonchev–Trinajstić information content (AvgIpc) is 2.26. The maximum absolute atomic E-state index is 11.9. The fourth-order valence-corrected chi connectivity index (χ4v) is 1.92. The van der Waals surface area contributed by atoms with Gasteiger partial charge in [-0.05, 0) is 32.0 Å². The fourth-order valence-electron chi connectivity index (χ4n) is 1.92. The van der Waals surface area contributed by atoms with Crippen LogP contribution < -0.4 is 4.74 Å². The van der Waals surface area contributed by atoms with Gasteiger partial charge in [-0.1, -0.05) is 0 Å². The van der Waals surface area contributed by atoms with Crippen molar-refractivity contribution in [2.24, 2.45) is 0 Å². The first-order valence-corrected chi connectivity index (χ1v) is 5.43. The number of benzene rings is 1. The third kappa shape index (κ3) is 2.22. The summed E-state index contributed by atoms with van der Waals surface area (Å²) in [6, 6.07) is 4.66. The number of Topliss-reactive ketones (excluding diaryl/α,β-unsaturated/α-hetero) is 2. The summed E-state index contributed by atoms with van der Waals surface area (Å²) in [4.78, 5) is 23.2. The normalized spacial score (nSPS) is 17.2. The van der Waals surface area contributed by atoms with Crippen LogP contribution in [0.3, 0.4) is 0 Å². The molecule has 0 amide bonds. The van der Waals surface area contributed by atoms with Crippen LogP contribution >= 0.6 is 0 Å². The third-order valence-electron chi connectivity index (χ3n) is 2.72. The number of carbonyl (C=O) groups is 2. The molecular weight excluding hydrogens is 220 g/mol. The number of fused-ring (bicyclic) bond motifs is 1. The van der Waals surface area contributed by atoms with E-state index in [9.17, 15) is 9.59 Å². The van der Waals surface area contributed by atoms with Gasteiger partial charge in [0.25, 0.3) is 0 Å². The second-order valence-electron chi connectivity index (χ2n) is 4.75. The molecule has 1 aliphatic heterocycles. The van der Waals surface area contributed by atoms with Crippen molar-refractivity contribution in [3.05, 3.63) is 29.3 Å². The number of rotatable bonds is 2. The molecule has 0 atom stereocenters. The molecule has 90 valence electrons. The Morgan fingerprint density at radius 2 is 2.18 bits per heavy atom. The lowest BCUT2D eigenvalue weighted by atomic mass is 9.92. The molecule has 2 rings (SSSR count). The topological polar surface area (TPSA) is 63.6 Å². The maximum Gasteiger partial charge on any atom is 0.188 e. The van der Waals surface area contributed by atoms with Crippen LogP contribution in [0.1, 0.15) is 41.0 Å². The van der Waals surface area contributed by atoms with Gasteiger partial charge < -0.3 is 9.84 Å². The largest absolute Gasteiger partial charge is 0.487 e. The summed E-state index contributed by atoms with van der Waals surface area (Å²) in [5.74, 6) is 0.0648. The molecule has 4 heteroatoms. The second-order valence-corrected chi connectivity index (χ2v) is 4.75. The number of hydrogen-bond donors (Lipinski definition) is 1. The minimum Gasteiger partial charge on any atom is -0.487 e. The van der Waals surface area contributed by atoms with Gasteiger partial charge in [-0.25, -0.2) is 0 Å². The van der Waals surface area contributed by atoms with Gasteiger partial charge in [0, 0.05) is 5.56 Å². The molecule has 1 N–H and O–H groups in total. The predicted molar refractivity (Wildman–Crippen MR) is 61.5 cm³/mol. The van der Waals surface area contributed by atoms with Crippen molar-refractivity contribution in [3.63, 3.8) is 0 Å². The number of hydrogen-bond acceptors (Lipinski definition) is 4. The Labute approximate surface area is 99.2 Å². The van der Waals surface area contributed by atoms with Crippen molar-refractivity contribution in [3.8, 4) is 5.75 Å². The highest BCUT2D eigenvalue weighted by atomic mass is 16.5. The molecule has 4 nitrogen and oxygen atoms in total. The lowest BCUT2D eigenvalue weighted by Gasteiger charge is -2.31. The summed E-state index contributed by atoms with van der Waals surface area (Å²) in [5, 5.41) is 8.78. The van der Waals surface area contributed by atoms with E-state index in [0.29, 0.717) is 16.9 Å². The smallest absolute Gasteiger partial charge is 0.188 e. The molecule has 0 bridgehead atoms.